The van der Waals surface area contributed by atoms with Crippen LogP contribution in [-0.4, -0.2) is 89.8 Å². The molecule has 1 aliphatic rings. The predicted molar refractivity (Wildman–Crippen MR) is 130 cm³/mol. The summed E-state index contributed by atoms with van der Waals surface area (Å²) in [5.41, 5.74) is 1.12. The number of hydrogen-bond acceptors (Lipinski definition) is 5. The van der Waals surface area contributed by atoms with E-state index in [4.69, 9.17) is 4.74 Å². The number of methoxy groups -OCH3 is 1. The van der Waals surface area contributed by atoms with Crippen molar-refractivity contribution in [3.8, 4) is 5.75 Å². The first-order valence-corrected chi connectivity index (χ1v) is 11.5. The van der Waals surface area contributed by atoms with E-state index in [1.807, 2.05) is 25.1 Å². The Kier molecular flexibility index (Phi) is 11.0. The van der Waals surface area contributed by atoms with E-state index in [0.717, 1.165) is 50.0 Å². The van der Waals surface area contributed by atoms with Crippen molar-refractivity contribution < 1.29 is 13.2 Å². The maximum Gasteiger partial charge on any atom is 0.211 e. The first-order chi connectivity index (χ1) is 13.4. The van der Waals surface area contributed by atoms with E-state index >= 15 is 0 Å². The van der Waals surface area contributed by atoms with Gasteiger partial charge in [-0.2, -0.15) is 0 Å². The standard InChI is InChI=1S/C19H33N5O3S.HI/c1-5-24(28(4,25)26)12-8-11-21-19(20-2)23-15-13-22(14-16-23)17-9-6-7-10-18(17)27-3;/h6-7,9-10H,5,8,11-16H2,1-4H3,(H,20,21);1H. The summed E-state index contributed by atoms with van der Waals surface area (Å²) in [7, 11) is 0.349. The van der Waals surface area contributed by atoms with Crippen LogP contribution < -0.4 is 15.0 Å². The molecule has 0 bridgehead atoms. The molecule has 0 atom stereocenters. The molecule has 1 heterocycles. The topological polar surface area (TPSA) is 77.5 Å². The van der Waals surface area contributed by atoms with Crippen molar-refractivity contribution in [1.82, 2.24) is 14.5 Å². The highest BCUT2D eigenvalue weighted by Gasteiger charge is 2.21. The molecule has 0 amide bonds. The van der Waals surface area contributed by atoms with Gasteiger partial charge in [0.1, 0.15) is 5.75 Å². The number of piperazine rings is 1. The highest BCUT2D eigenvalue weighted by Crippen LogP contribution is 2.28. The van der Waals surface area contributed by atoms with Gasteiger partial charge in [-0.05, 0) is 18.6 Å². The Morgan fingerprint density at radius 2 is 1.90 bits per heavy atom. The summed E-state index contributed by atoms with van der Waals surface area (Å²) >= 11 is 0. The van der Waals surface area contributed by atoms with Gasteiger partial charge in [-0.25, -0.2) is 12.7 Å². The second-order valence-electron chi connectivity index (χ2n) is 6.73. The second kappa shape index (κ2) is 12.4. The number of benzene rings is 1. The number of rotatable bonds is 8. The summed E-state index contributed by atoms with van der Waals surface area (Å²) in [6, 6.07) is 8.08. The molecule has 0 aromatic heterocycles. The molecular formula is C19H34IN5O3S. The van der Waals surface area contributed by atoms with Crippen LogP contribution in [0.15, 0.2) is 29.3 Å². The van der Waals surface area contributed by atoms with Crippen LogP contribution in [0, 0.1) is 0 Å². The van der Waals surface area contributed by atoms with Crippen molar-refractivity contribution in [3.05, 3.63) is 24.3 Å². The van der Waals surface area contributed by atoms with Crippen LogP contribution in [0.5, 0.6) is 5.75 Å². The smallest absolute Gasteiger partial charge is 0.211 e. The monoisotopic (exact) mass is 539 g/mol. The maximum atomic E-state index is 11.6. The first kappa shape index (κ1) is 25.8. The Labute approximate surface area is 192 Å². The van der Waals surface area contributed by atoms with Gasteiger partial charge in [0, 0.05) is 52.9 Å². The molecule has 0 unspecified atom stereocenters. The third-order valence-electron chi connectivity index (χ3n) is 4.91. The van der Waals surface area contributed by atoms with Crippen LogP contribution >= 0.6 is 24.0 Å². The number of guanidine groups is 1. The number of hydrogen-bond donors (Lipinski definition) is 1. The molecule has 2 rings (SSSR count). The van der Waals surface area contributed by atoms with Crippen molar-refractivity contribution in [3.63, 3.8) is 0 Å². The first-order valence-electron chi connectivity index (χ1n) is 9.69. The third-order valence-corrected chi connectivity index (χ3v) is 6.28. The summed E-state index contributed by atoms with van der Waals surface area (Å²) in [6.45, 7) is 7.06. The molecule has 1 aromatic rings. The molecule has 1 saturated heterocycles. The van der Waals surface area contributed by atoms with Gasteiger partial charge in [-0.1, -0.05) is 19.1 Å². The van der Waals surface area contributed by atoms with E-state index in [2.05, 4.69) is 26.2 Å². The van der Waals surface area contributed by atoms with Crippen LogP contribution in [0.3, 0.4) is 0 Å². The van der Waals surface area contributed by atoms with E-state index in [0.29, 0.717) is 19.6 Å². The number of nitrogens with zero attached hydrogens (tertiary/aromatic N) is 4. The second-order valence-corrected chi connectivity index (χ2v) is 8.71. The van der Waals surface area contributed by atoms with Gasteiger partial charge in [0.05, 0.1) is 19.1 Å². The summed E-state index contributed by atoms with van der Waals surface area (Å²) in [4.78, 5) is 8.95. The molecule has 8 nitrogen and oxygen atoms in total. The Morgan fingerprint density at radius 3 is 2.45 bits per heavy atom. The molecule has 1 aliphatic heterocycles. The summed E-state index contributed by atoms with van der Waals surface area (Å²) in [6.07, 6.45) is 1.99. The van der Waals surface area contributed by atoms with Gasteiger partial charge >= 0.3 is 0 Å². The average molecular weight is 539 g/mol. The van der Waals surface area contributed by atoms with Gasteiger partial charge in [-0.3, -0.25) is 4.99 Å². The molecule has 1 aromatic carbocycles. The summed E-state index contributed by atoms with van der Waals surface area (Å²) in [5, 5.41) is 3.36. The van der Waals surface area contributed by atoms with E-state index < -0.39 is 10.0 Å². The van der Waals surface area contributed by atoms with Crippen LogP contribution in [0.1, 0.15) is 13.3 Å². The van der Waals surface area contributed by atoms with Crippen LogP contribution in [0.4, 0.5) is 5.69 Å². The fourth-order valence-corrected chi connectivity index (χ4v) is 4.33. The van der Waals surface area contributed by atoms with Crippen molar-refractivity contribution >= 4 is 45.6 Å². The fourth-order valence-electron chi connectivity index (χ4n) is 3.40. The van der Waals surface area contributed by atoms with Crippen molar-refractivity contribution in [2.45, 2.75) is 13.3 Å². The highest BCUT2D eigenvalue weighted by atomic mass is 127. The van der Waals surface area contributed by atoms with Crippen molar-refractivity contribution in [2.75, 3.05) is 71.1 Å². The van der Waals surface area contributed by atoms with Crippen molar-refractivity contribution in [1.29, 1.82) is 0 Å². The molecule has 10 heteroatoms. The molecule has 0 aliphatic carbocycles. The molecule has 0 radical (unpaired) electrons. The van der Waals surface area contributed by atoms with Crippen LogP contribution in [0.2, 0.25) is 0 Å². The summed E-state index contributed by atoms with van der Waals surface area (Å²) < 4.78 is 30.3. The largest absolute Gasteiger partial charge is 0.495 e. The van der Waals surface area contributed by atoms with Gasteiger partial charge in [0.25, 0.3) is 0 Å². The molecule has 166 valence electrons. The molecule has 1 N–H and O–H groups in total. The number of nitrogens with one attached hydrogen (secondary N) is 1. The van der Waals surface area contributed by atoms with E-state index in [-0.39, 0.29) is 24.0 Å². The zero-order valence-electron chi connectivity index (χ0n) is 17.8. The minimum absolute atomic E-state index is 0. The Hall–Kier alpha value is -1.27. The Morgan fingerprint density at radius 1 is 1.24 bits per heavy atom. The zero-order valence-corrected chi connectivity index (χ0v) is 20.9. The van der Waals surface area contributed by atoms with Gasteiger partial charge in [0.15, 0.2) is 5.96 Å². The van der Waals surface area contributed by atoms with E-state index in [1.54, 1.807) is 14.2 Å². The fraction of sp³-hybridized carbons (Fsp3) is 0.632. The highest BCUT2D eigenvalue weighted by molar-refractivity contribution is 14.0. The lowest BCUT2D eigenvalue weighted by Crippen LogP contribution is -2.52. The molecule has 29 heavy (non-hydrogen) atoms. The molecule has 0 spiro atoms. The lowest BCUT2D eigenvalue weighted by atomic mass is 10.2. The van der Waals surface area contributed by atoms with Crippen molar-refractivity contribution in [2.24, 2.45) is 4.99 Å². The molecule has 0 saturated carbocycles. The van der Waals surface area contributed by atoms with Crippen LogP contribution in [0.25, 0.3) is 0 Å². The minimum atomic E-state index is -3.13. The molecular weight excluding hydrogens is 505 g/mol. The molecule has 1 fully saturated rings. The lowest BCUT2D eigenvalue weighted by Gasteiger charge is -2.38. The number of para-hydroxylation sites is 2. The normalized spacial score (nSPS) is 15.3. The van der Waals surface area contributed by atoms with Gasteiger partial charge in [0.2, 0.25) is 10.0 Å². The predicted octanol–water partition coefficient (Wildman–Crippen LogP) is 1.68. The van der Waals surface area contributed by atoms with Gasteiger partial charge in [-0.15, -0.1) is 24.0 Å². The Bertz CT molecular complexity index is 752. The maximum absolute atomic E-state index is 11.6. The van der Waals surface area contributed by atoms with Gasteiger partial charge < -0.3 is 19.9 Å². The van der Waals surface area contributed by atoms with E-state index in [1.165, 1.54) is 10.6 Å². The number of halogens is 1. The number of anilines is 1. The zero-order chi connectivity index (χ0) is 20.6. The third kappa shape index (κ3) is 7.49. The number of aliphatic imine (C=N–C) groups is 1. The van der Waals surface area contributed by atoms with E-state index in [9.17, 15) is 8.42 Å². The Balaban J connectivity index is 0.00000420. The SMILES string of the molecule is CCN(CCCNC(=NC)N1CCN(c2ccccc2OC)CC1)S(C)(=O)=O.I. The average Bonchev–Trinajstić information content (AvgIpc) is 2.70. The lowest BCUT2D eigenvalue weighted by molar-refractivity contribution is 0.365. The number of ether oxygens (including phenoxy) is 1. The van der Waals surface area contributed by atoms with Crippen LogP contribution in [-0.2, 0) is 10.0 Å². The minimum Gasteiger partial charge on any atom is -0.495 e. The summed E-state index contributed by atoms with van der Waals surface area (Å²) in [5.74, 6) is 1.76. The number of sulfonamides is 1. The quantitative estimate of drug-likeness (QED) is 0.235.